The van der Waals surface area contributed by atoms with Gasteiger partial charge in [0.05, 0.1) is 6.54 Å². The molecule has 1 fully saturated rings. The molecule has 116 valence electrons. The first kappa shape index (κ1) is 15.4. The lowest BCUT2D eigenvalue weighted by Gasteiger charge is -2.26. The topological polar surface area (TPSA) is 96.8 Å². The molecule has 0 radical (unpaired) electrons. The summed E-state index contributed by atoms with van der Waals surface area (Å²) >= 11 is 0. The summed E-state index contributed by atoms with van der Waals surface area (Å²) in [5.74, 6) is -2.59. The minimum atomic E-state index is -4.93. The number of carbonyl (C=O) groups is 2. The summed E-state index contributed by atoms with van der Waals surface area (Å²) in [6.45, 7) is -1.18. The Morgan fingerprint density at radius 1 is 1.43 bits per heavy atom. The number of hydrogen-bond donors (Lipinski definition) is 2. The van der Waals surface area contributed by atoms with Crippen LogP contribution in [0.2, 0.25) is 0 Å². The second kappa shape index (κ2) is 5.06. The Hall–Kier alpha value is -2.03. The molecule has 1 aliphatic heterocycles. The van der Waals surface area contributed by atoms with E-state index in [0.29, 0.717) is 5.76 Å². The molecule has 0 aromatic carbocycles. The minimum Gasteiger partial charge on any atom is -0.481 e. The van der Waals surface area contributed by atoms with Crippen LogP contribution in [0.15, 0.2) is 16.5 Å². The largest absolute Gasteiger partial charge is 0.481 e. The van der Waals surface area contributed by atoms with Gasteiger partial charge in [0.15, 0.2) is 11.2 Å². The van der Waals surface area contributed by atoms with Gasteiger partial charge in [-0.2, -0.15) is 13.2 Å². The van der Waals surface area contributed by atoms with Crippen LogP contribution in [0, 0.1) is 5.41 Å². The average molecular weight is 306 g/mol. The molecule has 6 nitrogen and oxygen atoms in total. The quantitative estimate of drug-likeness (QED) is 0.875. The van der Waals surface area contributed by atoms with Gasteiger partial charge in [-0.05, 0) is 18.6 Å². The van der Waals surface area contributed by atoms with Crippen LogP contribution in [0.3, 0.4) is 0 Å². The van der Waals surface area contributed by atoms with E-state index < -0.39 is 36.4 Å². The lowest BCUT2D eigenvalue weighted by Crippen LogP contribution is -2.47. The molecule has 21 heavy (non-hydrogen) atoms. The highest BCUT2D eigenvalue weighted by Crippen LogP contribution is 2.46. The molecular formula is C12H13F3N2O4. The zero-order chi connectivity index (χ0) is 15.8. The van der Waals surface area contributed by atoms with Crippen molar-refractivity contribution in [3.05, 3.63) is 23.7 Å². The third-order valence-corrected chi connectivity index (χ3v) is 3.58. The predicted molar refractivity (Wildman–Crippen MR) is 63.2 cm³/mol. The predicted octanol–water partition coefficient (Wildman–Crippen LogP) is 1.22. The maximum Gasteiger partial charge on any atom is 0.406 e. The lowest BCUT2D eigenvalue weighted by molar-refractivity contribution is -0.227. The highest BCUT2D eigenvalue weighted by atomic mass is 19.4. The summed E-state index contributed by atoms with van der Waals surface area (Å²) in [4.78, 5) is 23.9. The Kier molecular flexibility index (Phi) is 3.70. The van der Waals surface area contributed by atoms with Crippen molar-refractivity contribution in [3.8, 4) is 0 Å². The number of alkyl halides is 3. The molecule has 1 aromatic heterocycles. The molecule has 3 N–H and O–H groups in total. The number of amides is 1. The van der Waals surface area contributed by atoms with Gasteiger partial charge >= 0.3 is 12.1 Å². The molecule has 1 amide bonds. The first-order valence-electron chi connectivity index (χ1n) is 6.09. The third kappa shape index (κ3) is 2.48. The van der Waals surface area contributed by atoms with E-state index in [1.165, 1.54) is 12.1 Å². The molecule has 0 aliphatic carbocycles. The Morgan fingerprint density at radius 3 is 2.52 bits per heavy atom. The fourth-order valence-corrected chi connectivity index (χ4v) is 2.27. The van der Waals surface area contributed by atoms with E-state index in [9.17, 15) is 22.8 Å². The van der Waals surface area contributed by atoms with Crippen molar-refractivity contribution in [2.75, 3.05) is 13.1 Å². The number of nitrogens with zero attached hydrogens (tertiary/aromatic N) is 1. The highest BCUT2D eigenvalue weighted by Gasteiger charge is 2.64. The second-order valence-electron chi connectivity index (χ2n) is 4.83. The molecule has 0 spiro atoms. The number of aliphatic carboxylic acids is 1. The molecule has 2 heterocycles. The van der Waals surface area contributed by atoms with E-state index in [1.807, 2.05) is 0 Å². The zero-order valence-corrected chi connectivity index (χ0v) is 10.8. The van der Waals surface area contributed by atoms with Crippen LogP contribution in [0.5, 0.6) is 0 Å². The summed E-state index contributed by atoms with van der Waals surface area (Å²) in [5, 5.41) is 8.91. The lowest BCUT2D eigenvalue weighted by atomic mass is 9.86. The Balaban J connectivity index is 2.21. The van der Waals surface area contributed by atoms with Gasteiger partial charge in [-0.15, -0.1) is 0 Å². The fourth-order valence-electron chi connectivity index (χ4n) is 2.27. The van der Waals surface area contributed by atoms with Crippen molar-refractivity contribution in [1.29, 1.82) is 0 Å². The van der Waals surface area contributed by atoms with Gasteiger partial charge in [0.1, 0.15) is 5.76 Å². The summed E-state index contributed by atoms with van der Waals surface area (Å²) in [5.41, 5.74) is 2.39. The highest BCUT2D eigenvalue weighted by molar-refractivity contribution is 5.92. The number of carboxylic acid groups (broad SMARTS) is 1. The first-order valence-corrected chi connectivity index (χ1v) is 6.09. The summed E-state index contributed by atoms with van der Waals surface area (Å²) in [6, 6.07) is 2.75. The molecule has 0 bridgehead atoms. The van der Waals surface area contributed by atoms with E-state index in [1.54, 1.807) is 0 Å². The standard InChI is InChI=1S/C12H13F3N2O4/c13-12(14,15)11(10(19)20)3-4-17(6-11)9(18)8-2-1-7(5-16)21-8/h1-2H,3-6,16H2,(H,19,20). The van der Waals surface area contributed by atoms with Crippen molar-refractivity contribution >= 4 is 11.9 Å². The maximum atomic E-state index is 13.0. The van der Waals surface area contributed by atoms with Gasteiger partial charge in [-0.1, -0.05) is 0 Å². The second-order valence-corrected chi connectivity index (χ2v) is 4.83. The van der Waals surface area contributed by atoms with Crippen LogP contribution in [0.1, 0.15) is 22.7 Å². The van der Waals surface area contributed by atoms with E-state index >= 15 is 0 Å². The van der Waals surface area contributed by atoms with Crippen molar-refractivity contribution in [1.82, 2.24) is 4.90 Å². The van der Waals surface area contributed by atoms with Gasteiger partial charge < -0.3 is 20.2 Å². The van der Waals surface area contributed by atoms with E-state index in [4.69, 9.17) is 15.3 Å². The van der Waals surface area contributed by atoms with Crippen LogP contribution in [-0.4, -0.2) is 41.1 Å². The molecule has 1 aliphatic rings. The number of carbonyl (C=O) groups excluding carboxylic acids is 1. The summed E-state index contributed by atoms with van der Waals surface area (Å²) in [7, 11) is 0. The Morgan fingerprint density at radius 2 is 2.10 bits per heavy atom. The van der Waals surface area contributed by atoms with Gasteiger partial charge in [-0.25, -0.2) is 0 Å². The van der Waals surface area contributed by atoms with E-state index in [2.05, 4.69) is 0 Å². The molecular weight excluding hydrogens is 293 g/mol. The molecule has 1 atom stereocenters. The SMILES string of the molecule is NCc1ccc(C(=O)N2CCC(C(=O)O)(C(F)(F)F)C2)o1. The van der Waals surface area contributed by atoms with Gasteiger partial charge in [0.2, 0.25) is 0 Å². The number of carboxylic acids is 1. The summed E-state index contributed by atoms with van der Waals surface area (Å²) < 4.78 is 44.1. The molecule has 2 rings (SSSR count). The number of likely N-dealkylation sites (tertiary alicyclic amines) is 1. The number of nitrogens with two attached hydrogens (primary N) is 1. The Bertz CT molecular complexity index is 569. The number of rotatable bonds is 3. The minimum absolute atomic E-state index is 0.0505. The van der Waals surface area contributed by atoms with Crippen LogP contribution >= 0.6 is 0 Å². The molecule has 9 heteroatoms. The van der Waals surface area contributed by atoms with Crippen molar-refractivity contribution < 1.29 is 32.3 Å². The number of hydrogen-bond acceptors (Lipinski definition) is 4. The fraction of sp³-hybridized carbons (Fsp3) is 0.500. The summed E-state index contributed by atoms with van der Waals surface area (Å²) in [6.07, 6.45) is -5.61. The first-order chi connectivity index (χ1) is 9.71. The van der Waals surface area contributed by atoms with Crippen LogP contribution < -0.4 is 5.73 Å². The van der Waals surface area contributed by atoms with Crippen LogP contribution in [0.4, 0.5) is 13.2 Å². The average Bonchev–Trinajstić information content (AvgIpc) is 3.04. The third-order valence-electron chi connectivity index (χ3n) is 3.58. The zero-order valence-electron chi connectivity index (χ0n) is 10.8. The monoisotopic (exact) mass is 306 g/mol. The van der Waals surface area contributed by atoms with E-state index in [-0.39, 0.29) is 18.8 Å². The normalized spacial score (nSPS) is 22.6. The molecule has 0 saturated carbocycles. The Labute approximate surface area is 117 Å². The van der Waals surface area contributed by atoms with Crippen molar-refractivity contribution in [2.24, 2.45) is 11.1 Å². The number of furan rings is 1. The van der Waals surface area contributed by atoms with Crippen molar-refractivity contribution in [3.63, 3.8) is 0 Å². The molecule has 1 unspecified atom stereocenters. The van der Waals surface area contributed by atoms with Gasteiger partial charge in [-0.3, -0.25) is 9.59 Å². The smallest absolute Gasteiger partial charge is 0.406 e. The van der Waals surface area contributed by atoms with Crippen LogP contribution in [0.25, 0.3) is 0 Å². The maximum absolute atomic E-state index is 13.0. The van der Waals surface area contributed by atoms with Gasteiger partial charge in [0, 0.05) is 13.1 Å². The number of halogens is 3. The van der Waals surface area contributed by atoms with Crippen molar-refractivity contribution in [2.45, 2.75) is 19.1 Å². The van der Waals surface area contributed by atoms with Gasteiger partial charge in [0.25, 0.3) is 5.91 Å². The molecule has 1 aromatic rings. The van der Waals surface area contributed by atoms with E-state index in [0.717, 1.165) is 4.90 Å². The molecule has 1 saturated heterocycles. The van der Waals surface area contributed by atoms with Crippen LogP contribution in [-0.2, 0) is 11.3 Å².